The van der Waals surface area contributed by atoms with E-state index in [1.54, 1.807) is 6.92 Å². The molecular formula is C22H20BrNO2. The molecule has 0 amide bonds. The third-order valence-electron chi connectivity index (χ3n) is 5.36. The third-order valence-corrected chi connectivity index (χ3v) is 5.85. The standard InChI is InChI=1S/C22H20BrNO2/c1-16(25)22(10-9-17-5-3-2-4-6-17)14-18-7-8-19(23)13-20(18)24-11-12-26-15-21(22)24/h2-8,13,21H,11-12,14-15H2,1H3/t21-,22-/m1/s1. The fraction of sp³-hybridized carbons (Fsp3) is 0.318. The molecule has 0 bridgehead atoms. The molecule has 0 unspecified atom stereocenters. The topological polar surface area (TPSA) is 29.5 Å². The zero-order valence-electron chi connectivity index (χ0n) is 14.7. The summed E-state index contributed by atoms with van der Waals surface area (Å²) < 4.78 is 6.82. The van der Waals surface area contributed by atoms with Gasteiger partial charge in [0.05, 0.1) is 19.3 Å². The van der Waals surface area contributed by atoms with E-state index < -0.39 is 5.41 Å². The molecule has 2 aliphatic rings. The molecule has 0 saturated carbocycles. The number of Topliss-reactive ketones (excluding diaryl/α,β-unsaturated/α-hetero) is 1. The number of morpholine rings is 1. The number of carbonyl (C=O) groups excluding carboxylic acids is 1. The molecule has 0 aromatic heterocycles. The van der Waals surface area contributed by atoms with Crippen LogP contribution in [0.25, 0.3) is 0 Å². The molecule has 0 N–H and O–H groups in total. The molecule has 1 fully saturated rings. The first kappa shape index (κ1) is 17.3. The highest BCUT2D eigenvalue weighted by Crippen LogP contribution is 2.44. The molecule has 26 heavy (non-hydrogen) atoms. The normalized spacial score (nSPS) is 24.1. The average molecular weight is 410 g/mol. The molecule has 2 aliphatic heterocycles. The maximum atomic E-state index is 12.9. The van der Waals surface area contributed by atoms with E-state index in [2.05, 4.69) is 44.8 Å². The summed E-state index contributed by atoms with van der Waals surface area (Å²) in [6.07, 6.45) is 0.620. The Labute approximate surface area is 162 Å². The van der Waals surface area contributed by atoms with Crippen LogP contribution in [0.5, 0.6) is 0 Å². The number of ketones is 1. The van der Waals surface area contributed by atoms with Crippen molar-refractivity contribution in [2.45, 2.75) is 19.4 Å². The zero-order chi connectivity index (χ0) is 18.1. The van der Waals surface area contributed by atoms with Gasteiger partial charge in [0.15, 0.2) is 0 Å². The van der Waals surface area contributed by atoms with Gasteiger partial charge in [-0.1, -0.05) is 52.0 Å². The van der Waals surface area contributed by atoms with Gasteiger partial charge < -0.3 is 9.64 Å². The van der Waals surface area contributed by atoms with E-state index in [9.17, 15) is 4.79 Å². The lowest BCUT2D eigenvalue weighted by Gasteiger charge is -2.50. The van der Waals surface area contributed by atoms with Crippen LogP contribution in [0.3, 0.4) is 0 Å². The fourth-order valence-corrected chi connectivity index (χ4v) is 4.30. The van der Waals surface area contributed by atoms with E-state index in [0.29, 0.717) is 19.6 Å². The Morgan fingerprint density at radius 1 is 1.27 bits per heavy atom. The van der Waals surface area contributed by atoms with E-state index in [1.807, 2.05) is 36.4 Å². The van der Waals surface area contributed by atoms with E-state index in [-0.39, 0.29) is 11.8 Å². The SMILES string of the molecule is CC(=O)[C@@]1(C#Cc2ccccc2)Cc2ccc(Br)cc2N2CCOC[C@@H]21. The van der Waals surface area contributed by atoms with Crippen LogP contribution >= 0.6 is 15.9 Å². The van der Waals surface area contributed by atoms with Gasteiger partial charge in [-0.2, -0.15) is 0 Å². The average Bonchev–Trinajstić information content (AvgIpc) is 2.67. The lowest BCUT2D eigenvalue weighted by Crippen LogP contribution is -2.60. The number of anilines is 1. The molecule has 1 saturated heterocycles. The Kier molecular flexibility index (Phi) is 4.60. The summed E-state index contributed by atoms with van der Waals surface area (Å²) in [5.74, 6) is 6.73. The smallest absolute Gasteiger partial charge is 0.150 e. The predicted molar refractivity (Wildman–Crippen MR) is 106 cm³/mol. The van der Waals surface area contributed by atoms with E-state index in [4.69, 9.17) is 4.74 Å². The summed E-state index contributed by atoms with van der Waals surface area (Å²) in [6, 6.07) is 16.1. The van der Waals surface area contributed by atoms with Gasteiger partial charge in [-0.05, 0) is 36.8 Å². The molecule has 4 rings (SSSR count). The molecule has 0 aliphatic carbocycles. The number of hydrogen-bond donors (Lipinski definition) is 0. The van der Waals surface area contributed by atoms with Gasteiger partial charge in [0.25, 0.3) is 0 Å². The largest absolute Gasteiger partial charge is 0.377 e. The second kappa shape index (κ2) is 6.90. The van der Waals surface area contributed by atoms with Gasteiger partial charge in [0.1, 0.15) is 11.2 Å². The quantitative estimate of drug-likeness (QED) is 0.670. The van der Waals surface area contributed by atoms with Gasteiger partial charge >= 0.3 is 0 Å². The highest BCUT2D eigenvalue weighted by molar-refractivity contribution is 9.10. The molecule has 132 valence electrons. The molecular weight excluding hydrogens is 390 g/mol. The van der Waals surface area contributed by atoms with Gasteiger partial charge in [-0.25, -0.2) is 0 Å². The van der Waals surface area contributed by atoms with Gasteiger partial charge in [-0.3, -0.25) is 4.79 Å². The van der Waals surface area contributed by atoms with Crippen molar-refractivity contribution in [1.82, 2.24) is 0 Å². The maximum Gasteiger partial charge on any atom is 0.150 e. The second-order valence-electron chi connectivity index (χ2n) is 6.88. The molecule has 3 nitrogen and oxygen atoms in total. The van der Waals surface area contributed by atoms with Crippen molar-refractivity contribution in [3.8, 4) is 11.8 Å². The first-order chi connectivity index (χ1) is 12.6. The van der Waals surface area contributed by atoms with E-state index >= 15 is 0 Å². The van der Waals surface area contributed by atoms with E-state index in [0.717, 1.165) is 16.6 Å². The monoisotopic (exact) mass is 409 g/mol. The van der Waals surface area contributed by atoms with Crippen molar-refractivity contribution >= 4 is 27.4 Å². The Morgan fingerprint density at radius 3 is 2.85 bits per heavy atom. The number of fused-ring (bicyclic) bond motifs is 3. The molecule has 2 heterocycles. The minimum atomic E-state index is -0.753. The number of hydrogen-bond acceptors (Lipinski definition) is 3. The van der Waals surface area contributed by atoms with Crippen molar-refractivity contribution in [3.05, 3.63) is 64.1 Å². The van der Waals surface area contributed by atoms with Crippen molar-refractivity contribution in [2.75, 3.05) is 24.7 Å². The molecule has 4 heteroatoms. The molecule has 2 aromatic carbocycles. The molecule has 0 spiro atoms. The first-order valence-corrected chi connectivity index (χ1v) is 9.61. The van der Waals surface area contributed by atoms with Crippen LogP contribution in [-0.2, 0) is 16.0 Å². The van der Waals surface area contributed by atoms with E-state index in [1.165, 1.54) is 11.3 Å². The zero-order valence-corrected chi connectivity index (χ0v) is 16.3. The van der Waals surface area contributed by atoms with Crippen LogP contribution in [0, 0.1) is 17.3 Å². The van der Waals surface area contributed by atoms with Crippen molar-refractivity contribution in [2.24, 2.45) is 5.41 Å². The first-order valence-electron chi connectivity index (χ1n) is 8.82. The van der Waals surface area contributed by atoms with Crippen molar-refractivity contribution < 1.29 is 9.53 Å². The van der Waals surface area contributed by atoms with Crippen LogP contribution in [-0.4, -0.2) is 31.6 Å². The number of nitrogens with zero attached hydrogens (tertiary/aromatic N) is 1. The second-order valence-corrected chi connectivity index (χ2v) is 7.79. The minimum Gasteiger partial charge on any atom is -0.377 e. The van der Waals surface area contributed by atoms with Crippen molar-refractivity contribution in [1.29, 1.82) is 0 Å². The molecule has 0 radical (unpaired) electrons. The van der Waals surface area contributed by atoms with Crippen molar-refractivity contribution in [3.63, 3.8) is 0 Å². The third kappa shape index (κ3) is 2.96. The summed E-state index contributed by atoms with van der Waals surface area (Å²) in [7, 11) is 0. The highest BCUT2D eigenvalue weighted by atomic mass is 79.9. The van der Waals surface area contributed by atoms with Crippen LogP contribution in [0.15, 0.2) is 53.0 Å². The lowest BCUT2D eigenvalue weighted by atomic mass is 9.69. The summed E-state index contributed by atoms with van der Waals surface area (Å²) in [6.45, 7) is 3.63. The van der Waals surface area contributed by atoms with Crippen LogP contribution in [0.4, 0.5) is 5.69 Å². The minimum absolute atomic E-state index is 0.0632. The fourth-order valence-electron chi connectivity index (χ4n) is 3.95. The lowest BCUT2D eigenvalue weighted by molar-refractivity contribution is -0.126. The maximum absolute atomic E-state index is 12.9. The number of benzene rings is 2. The van der Waals surface area contributed by atoms with Crippen LogP contribution in [0.2, 0.25) is 0 Å². The highest BCUT2D eigenvalue weighted by Gasteiger charge is 2.50. The Bertz CT molecular complexity index is 899. The van der Waals surface area contributed by atoms with Crippen LogP contribution in [0.1, 0.15) is 18.1 Å². The Morgan fingerprint density at radius 2 is 2.08 bits per heavy atom. The van der Waals surface area contributed by atoms with Gasteiger partial charge in [-0.15, -0.1) is 0 Å². The predicted octanol–water partition coefficient (Wildman–Crippen LogP) is 3.84. The molecule has 2 aromatic rings. The number of halogens is 1. The summed E-state index contributed by atoms with van der Waals surface area (Å²) in [4.78, 5) is 15.2. The van der Waals surface area contributed by atoms with Gasteiger partial charge in [0, 0.05) is 28.7 Å². The summed E-state index contributed by atoms with van der Waals surface area (Å²) in [5.41, 5.74) is 2.53. The number of carbonyl (C=O) groups is 1. The number of rotatable bonds is 1. The Hall–Kier alpha value is -2.09. The molecule has 2 atom stereocenters. The van der Waals surface area contributed by atoms with Gasteiger partial charge in [0.2, 0.25) is 0 Å². The van der Waals surface area contributed by atoms with Crippen LogP contribution < -0.4 is 4.90 Å². The summed E-state index contributed by atoms with van der Waals surface area (Å²) in [5, 5.41) is 0. The number of ether oxygens (including phenoxy) is 1. The summed E-state index contributed by atoms with van der Waals surface area (Å²) >= 11 is 3.57. The Balaban J connectivity index is 1.85.